The van der Waals surface area contributed by atoms with Gasteiger partial charge in [-0.2, -0.15) is 13.2 Å². The maximum Gasteiger partial charge on any atom is 0.405 e. The van der Waals surface area contributed by atoms with Crippen molar-refractivity contribution in [2.45, 2.75) is 19.6 Å². The lowest BCUT2D eigenvalue weighted by molar-refractivity contribution is -0.123. The molecular weight excluding hydrogens is 255 g/mol. The summed E-state index contributed by atoms with van der Waals surface area (Å²) in [4.78, 5) is 16.6. The van der Waals surface area contributed by atoms with E-state index in [-0.39, 0.29) is 6.54 Å². The molecule has 0 bridgehead atoms. The lowest BCUT2D eigenvalue weighted by Gasteiger charge is -2.17. The Morgan fingerprint density at radius 3 is 2.71 bits per heavy atom. The van der Waals surface area contributed by atoms with Gasteiger partial charge in [0, 0.05) is 12.4 Å². The second-order valence-corrected chi connectivity index (χ2v) is 4.55. The molecule has 1 aromatic heterocycles. The maximum absolute atomic E-state index is 11.9. The highest BCUT2D eigenvalue weighted by atomic mass is 32.1. The second kappa shape index (κ2) is 5.35. The number of alkyl halides is 3. The van der Waals surface area contributed by atoms with Crippen molar-refractivity contribution in [3.05, 3.63) is 16.1 Å². The van der Waals surface area contributed by atoms with Crippen molar-refractivity contribution in [1.29, 1.82) is 0 Å². The number of hydrogen-bond acceptors (Lipinski definition) is 3. The van der Waals surface area contributed by atoms with E-state index in [1.807, 2.05) is 6.92 Å². The molecule has 1 heterocycles. The van der Waals surface area contributed by atoms with Gasteiger partial charge in [0.05, 0.1) is 17.2 Å². The zero-order valence-electron chi connectivity index (χ0n) is 9.34. The van der Waals surface area contributed by atoms with Gasteiger partial charge in [-0.25, -0.2) is 9.78 Å². The van der Waals surface area contributed by atoms with E-state index in [4.69, 9.17) is 0 Å². The van der Waals surface area contributed by atoms with Crippen molar-refractivity contribution in [1.82, 2.24) is 15.2 Å². The van der Waals surface area contributed by atoms with Crippen LogP contribution in [0.2, 0.25) is 0 Å². The Balaban J connectivity index is 2.42. The molecule has 1 aromatic rings. The summed E-state index contributed by atoms with van der Waals surface area (Å²) in [5.41, 5.74) is 0.664. The third-order valence-electron chi connectivity index (χ3n) is 1.85. The third-order valence-corrected chi connectivity index (χ3v) is 2.67. The van der Waals surface area contributed by atoms with Crippen LogP contribution in [0.3, 0.4) is 0 Å². The quantitative estimate of drug-likeness (QED) is 0.912. The van der Waals surface area contributed by atoms with E-state index in [2.05, 4.69) is 4.98 Å². The smallest absolute Gasteiger partial charge is 0.329 e. The summed E-state index contributed by atoms with van der Waals surface area (Å²) in [6, 6.07) is -0.770. The third kappa shape index (κ3) is 5.03. The minimum absolute atomic E-state index is 0.189. The number of hydrogen-bond donors (Lipinski definition) is 1. The molecule has 0 fully saturated rings. The predicted molar refractivity (Wildman–Crippen MR) is 57.8 cm³/mol. The topological polar surface area (TPSA) is 45.2 Å². The van der Waals surface area contributed by atoms with E-state index >= 15 is 0 Å². The summed E-state index contributed by atoms with van der Waals surface area (Å²) in [5.74, 6) is 0. The van der Waals surface area contributed by atoms with Crippen LogP contribution in [0.1, 0.15) is 10.7 Å². The van der Waals surface area contributed by atoms with Gasteiger partial charge in [-0.1, -0.05) is 0 Å². The van der Waals surface area contributed by atoms with E-state index in [1.54, 1.807) is 10.7 Å². The molecule has 0 aliphatic heterocycles. The average Bonchev–Trinajstić information content (AvgIpc) is 2.59. The fourth-order valence-electron chi connectivity index (χ4n) is 1.11. The van der Waals surface area contributed by atoms with Gasteiger partial charge in [-0.3, -0.25) is 0 Å². The summed E-state index contributed by atoms with van der Waals surface area (Å²) in [5, 5.41) is 4.40. The van der Waals surface area contributed by atoms with Crippen LogP contribution in [-0.4, -0.2) is 35.7 Å². The molecule has 0 unspecified atom stereocenters. The molecule has 8 heteroatoms. The SMILES string of the molecule is Cc1nc(CN(C)C(=O)NCC(F)(F)F)cs1. The molecule has 0 atom stereocenters. The molecule has 2 amide bonds. The predicted octanol–water partition coefficient (Wildman–Crippen LogP) is 2.16. The lowest BCUT2D eigenvalue weighted by atomic mass is 10.4. The molecule has 1 N–H and O–H groups in total. The van der Waals surface area contributed by atoms with Crippen molar-refractivity contribution < 1.29 is 18.0 Å². The van der Waals surface area contributed by atoms with Crippen molar-refractivity contribution >= 4 is 17.4 Å². The lowest BCUT2D eigenvalue weighted by Crippen LogP contribution is -2.41. The van der Waals surface area contributed by atoms with Crippen LogP contribution < -0.4 is 5.32 Å². The molecule has 0 saturated heterocycles. The second-order valence-electron chi connectivity index (χ2n) is 3.49. The van der Waals surface area contributed by atoms with Gasteiger partial charge in [0.25, 0.3) is 0 Å². The largest absolute Gasteiger partial charge is 0.405 e. The number of aryl methyl sites for hydroxylation is 1. The van der Waals surface area contributed by atoms with Gasteiger partial charge in [-0.15, -0.1) is 11.3 Å². The molecule has 4 nitrogen and oxygen atoms in total. The van der Waals surface area contributed by atoms with Crippen molar-refractivity contribution in [3.63, 3.8) is 0 Å². The number of amides is 2. The molecule has 0 aromatic carbocycles. The molecule has 1 rings (SSSR count). The molecule has 0 aliphatic rings. The Labute approximate surface area is 100 Å². The fourth-order valence-corrected chi connectivity index (χ4v) is 1.71. The monoisotopic (exact) mass is 267 g/mol. The fraction of sp³-hybridized carbons (Fsp3) is 0.556. The van der Waals surface area contributed by atoms with Crippen molar-refractivity contribution in [2.24, 2.45) is 0 Å². The number of nitrogens with zero attached hydrogens (tertiary/aromatic N) is 2. The number of urea groups is 1. The highest BCUT2D eigenvalue weighted by molar-refractivity contribution is 7.09. The van der Waals surface area contributed by atoms with Gasteiger partial charge >= 0.3 is 12.2 Å². The summed E-state index contributed by atoms with van der Waals surface area (Å²) < 4.78 is 35.6. The van der Waals surface area contributed by atoms with Crippen LogP contribution >= 0.6 is 11.3 Å². The molecule has 0 aliphatic carbocycles. The van der Waals surface area contributed by atoms with Crippen LogP contribution in [0.4, 0.5) is 18.0 Å². The van der Waals surface area contributed by atoms with E-state index in [0.29, 0.717) is 5.69 Å². The number of carbonyl (C=O) groups excluding carboxylic acids is 1. The van der Waals surface area contributed by atoms with E-state index in [1.165, 1.54) is 18.4 Å². The molecule has 0 radical (unpaired) electrons. The van der Waals surface area contributed by atoms with E-state index in [0.717, 1.165) is 9.91 Å². The summed E-state index contributed by atoms with van der Waals surface area (Å²) in [7, 11) is 1.42. The van der Waals surface area contributed by atoms with Crippen LogP contribution in [0.15, 0.2) is 5.38 Å². The van der Waals surface area contributed by atoms with Crippen molar-refractivity contribution in [3.8, 4) is 0 Å². The minimum Gasteiger partial charge on any atom is -0.329 e. The number of thiazole rings is 1. The highest BCUT2D eigenvalue weighted by Crippen LogP contribution is 2.13. The molecule has 17 heavy (non-hydrogen) atoms. The number of nitrogens with one attached hydrogen (secondary N) is 1. The summed E-state index contributed by atoms with van der Waals surface area (Å²) in [6.07, 6.45) is -4.40. The average molecular weight is 267 g/mol. The van der Waals surface area contributed by atoms with Gasteiger partial charge in [-0.05, 0) is 6.92 Å². The van der Waals surface area contributed by atoms with Crippen LogP contribution in [0.5, 0.6) is 0 Å². The first-order valence-corrected chi connectivity index (χ1v) is 5.62. The number of aromatic nitrogens is 1. The van der Waals surface area contributed by atoms with Crippen LogP contribution in [-0.2, 0) is 6.54 Å². The first-order chi connectivity index (χ1) is 7.78. The standard InChI is InChI=1S/C9H12F3N3OS/c1-6-14-7(4-17-6)3-15(2)8(16)13-5-9(10,11)12/h4H,3,5H2,1-2H3,(H,13,16). The Morgan fingerprint density at radius 1 is 1.59 bits per heavy atom. The summed E-state index contributed by atoms with van der Waals surface area (Å²) in [6.45, 7) is 0.679. The molecule has 96 valence electrons. The Kier molecular flexibility index (Phi) is 4.33. The van der Waals surface area contributed by atoms with E-state index < -0.39 is 18.8 Å². The van der Waals surface area contributed by atoms with Crippen molar-refractivity contribution in [2.75, 3.05) is 13.6 Å². The minimum atomic E-state index is -4.40. The highest BCUT2D eigenvalue weighted by Gasteiger charge is 2.28. The van der Waals surface area contributed by atoms with Gasteiger partial charge in [0.15, 0.2) is 0 Å². The Bertz CT molecular complexity index is 391. The molecule has 0 spiro atoms. The molecule has 0 saturated carbocycles. The molecular formula is C9H12F3N3OS. The zero-order chi connectivity index (χ0) is 13.1. The Hall–Kier alpha value is -1.31. The first-order valence-electron chi connectivity index (χ1n) is 4.74. The number of carbonyl (C=O) groups is 1. The zero-order valence-corrected chi connectivity index (χ0v) is 10.2. The number of halogens is 3. The number of rotatable bonds is 3. The van der Waals surface area contributed by atoms with Gasteiger partial charge in [0.2, 0.25) is 0 Å². The first kappa shape index (κ1) is 13.8. The normalized spacial score (nSPS) is 11.4. The van der Waals surface area contributed by atoms with Gasteiger partial charge in [0.1, 0.15) is 6.54 Å². The van der Waals surface area contributed by atoms with Crippen LogP contribution in [0, 0.1) is 6.92 Å². The van der Waals surface area contributed by atoms with E-state index in [9.17, 15) is 18.0 Å². The Morgan fingerprint density at radius 2 is 2.24 bits per heavy atom. The maximum atomic E-state index is 11.9. The van der Waals surface area contributed by atoms with Gasteiger partial charge < -0.3 is 10.2 Å². The summed E-state index contributed by atoms with van der Waals surface area (Å²) >= 11 is 1.43. The van der Waals surface area contributed by atoms with Crippen LogP contribution in [0.25, 0.3) is 0 Å².